The summed E-state index contributed by atoms with van der Waals surface area (Å²) >= 11 is 0. The number of hydrogen-bond acceptors (Lipinski definition) is 0. The zero-order chi connectivity index (χ0) is 36.4. The lowest BCUT2D eigenvalue weighted by atomic mass is 9.22. The second kappa shape index (κ2) is 10.5. The van der Waals surface area contributed by atoms with Crippen molar-refractivity contribution in [3.63, 3.8) is 0 Å². The molecule has 18 atom stereocenters. The normalized spacial score (nSPS) is 55.7. The minimum Gasteiger partial charge on any atom is -0.0625 e. The van der Waals surface area contributed by atoms with Gasteiger partial charge >= 0.3 is 0 Å². The van der Waals surface area contributed by atoms with Crippen molar-refractivity contribution in [3.05, 3.63) is 0 Å². The summed E-state index contributed by atoms with van der Waals surface area (Å²) in [6.45, 7) is 62.5. The molecule has 0 amide bonds. The molecule has 0 aromatic rings. The molecule has 0 N–H and O–H groups in total. The molecule has 5 saturated carbocycles. The van der Waals surface area contributed by atoms with Crippen molar-refractivity contribution in [2.75, 3.05) is 0 Å². The summed E-state index contributed by atoms with van der Waals surface area (Å²) < 4.78 is 0. The van der Waals surface area contributed by atoms with Gasteiger partial charge in [-0.1, -0.05) is 159 Å². The average Bonchev–Trinajstić information content (AvgIpc) is 3.36. The molecule has 0 aromatic carbocycles. The van der Waals surface area contributed by atoms with E-state index in [0.29, 0.717) is 27.6 Å². The Kier molecular flexibility index (Phi) is 8.58. The molecular formula is C47H86. The molecule has 5 aliphatic rings. The van der Waals surface area contributed by atoms with Crippen LogP contribution in [-0.4, -0.2) is 0 Å². The molecule has 5 fully saturated rings. The Balaban J connectivity index is 1.81. The molecule has 274 valence electrons. The molecule has 0 radical (unpaired) electrons. The molecule has 0 aliphatic heterocycles. The highest BCUT2D eigenvalue weighted by molar-refractivity contribution is 5.43. The van der Waals surface area contributed by atoms with E-state index in [1.807, 2.05) is 0 Å². The Morgan fingerprint density at radius 3 is 1.55 bits per heavy atom. The fraction of sp³-hybridized carbons (Fsp3) is 1.00. The van der Waals surface area contributed by atoms with Gasteiger partial charge in [0.05, 0.1) is 0 Å². The maximum atomic E-state index is 2.93. The van der Waals surface area contributed by atoms with Gasteiger partial charge in [-0.05, 0) is 139 Å². The van der Waals surface area contributed by atoms with Crippen LogP contribution in [0, 0.1) is 132 Å². The first-order valence-electron chi connectivity index (χ1n) is 21.0. The molecule has 18 unspecified atom stereocenters. The smallest absolute Gasteiger partial charge is 0.0111 e. The first-order chi connectivity index (χ1) is 21.0. The Morgan fingerprint density at radius 2 is 1.09 bits per heavy atom. The van der Waals surface area contributed by atoms with Gasteiger partial charge in [-0.3, -0.25) is 0 Å². The second-order valence-electron chi connectivity index (χ2n) is 23.8. The largest absolute Gasteiger partial charge is 0.0625 e. The summed E-state index contributed by atoms with van der Waals surface area (Å²) in [6, 6.07) is 0. The van der Waals surface area contributed by atoms with Crippen LogP contribution in [0.1, 0.15) is 166 Å². The van der Waals surface area contributed by atoms with Crippen LogP contribution < -0.4 is 0 Å². The van der Waals surface area contributed by atoms with Crippen molar-refractivity contribution in [3.8, 4) is 0 Å². The Labute approximate surface area is 296 Å². The van der Waals surface area contributed by atoms with Gasteiger partial charge in [0, 0.05) is 0 Å². The van der Waals surface area contributed by atoms with Crippen molar-refractivity contribution in [2.24, 2.45) is 132 Å². The van der Waals surface area contributed by atoms with Crippen molar-refractivity contribution in [1.82, 2.24) is 0 Å². The van der Waals surface area contributed by atoms with E-state index in [2.05, 4.69) is 159 Å². The van der Waals surface area contributed by atoms with E-state index in [1.165, 1.54) is 6.42 Å². The van der Waals surface area contributed by atoms with Crippen LogP contribution >= 0.6 is 0 Å². The van der Waals surface area contributed by atoms with E-state index in [9.17, 15) is 0 Å². The average molecular weight is 651 g/mol. The van der Waals surface area contributed by atoms with Crippen molar-refractivity contribution < 1.29 is 0 Å². The minimum atomic E-state index is 0.214. The molecule has 5 aliphatic carbocycles. The monoisotopic (exact) mass is 651 g/mol. The van der Waals surface area contributed by atoms with Crippen LogP contribution in [-0.2, 0) is 0 Å². The van der Waals surface area contributed by atoms with E-state index in [4.69, 9.17) is 0 Å². The predicted molar refractivity (Wildman–Crippen MR) is 207 cm³/mol. The van der Waals surface area contributed by atoms with Crippen molar-refractivity contribution >= 4 is 0 Å². The molecule has 0 saturated heterocycles. The van der Waals surface area contributed by atoms with Crippen LogP contribution in [0.3, 0.4) is 0 Å². The molecule has 0 aromatic heterocycles. The maximum absolute atomic E-state index is 2.93. The Morgan fingerprint density at radius 1 is 0.574 bits per heavy atom. The zero-order valence-electron chi connectivity index (χ0n) is 36.4. The van der Waals surface area contributed by atoms with E-state index >= 15 is 0 Å². The second-order valence-corrected chi connectivity index (χ2v) is 23.8. The first kappa shape index (κ1) is 38.2. The quantitative estimate of drug-likeness (QED) is 0.284. The Hall–Kier alpha value is 0. The lowest BCUT2D eigenvalue weighted by Crippen LogP contribution is -2.78. The highest BCUT2D eigenvalue weighted by Crippen LogP contribution is 3.01. The topological polar surface area (TPSA) is 0 Å². The van der Waals surface area contributed by atoms with Gasteiger partial charge in [0.25, 0.3) is 0 Å². The van der Waals surface area contributed by atoms with Crippen LogP contribution in [0.4, 0.5) is 0 Å². The van der Waals surface area contributed by atoms with E-state index in [-0.39, 0.29) is 21.7 Å². The fourth-order valence-corrected chi connectivity index (χ4v) is 18.4. The predicted octanol–water partition coefficient (Wildman–Crippen LogP) is 14.0. The van der Waals surface area contributed by atoms with Gasteiger partial charge in [0.2, 0.25) is 0 Å². The zero-order valence-corrected chi connectivity index (χ0v) is 36.4. The number of fused-ring (bicyclic) bond motifs is 4. The fourth-order valence-electron chi connectivity index (χ4n) is 18.4. The molecule has 0 bridgehead atoms. The van der Waals surface area contributed by atoms with Crippen molar-refractivity contribution in [2.45, 2.75) is 166 Å². The molecule has 0 heterocycles. The third-order valence-electron chi connectivity index (χ3n) is 21.9. The lowest BCUT2D eigenvalue weighted by Gasteiger charge is -2.82. The van der Waals surface area contributed by atoms with Gasteiger partial charge in [0.1, 0.15) is 0 Å². The van der Waals surface area contributed by atoms with Gasteiger partial charge in [0.15, 0.2) is 0 Å². The van der Waals surface area contributed by atoms with E-state index < -0.39 is 0 Å². The molecule has 1 spiro atoms. The first-order valence-corrected chi connectivity index (χ1v) is 21.0. The van der Waals surface area contributed by atoms with Gasteiger partial charge in [-0.2, -0.15) is 0 Å². The third-order valence-corrected chi connectivity index (χ3v) is 21.9. The van der Waals surface area contributed by atoms with Gasteiger partial charge < -0.3 is 0 Å². The van der Waals surface area contributed by atoms with Crippen molar-refractivity contribution in [1.29, 1.82) is 0 Å². The molecule has 0 nitrogen and oxygen atoms in total. The highest BCUT2D eigenvalue weighted by Gasteiger charge is 2.97. The van der Waals surface area contributed by atoms with Crippen LogP contribution in [0.15, 0.2) is 0 Å². The summed E-state index contributed by atoms with van der Waals surface area (Å²) in [5, 5.41) is 0. The lowest BCUT2D eigenvalue weighted by molar-refractivity contribution is -0.354. The highest BCUT2D eigenvalue weighted by atomic mass is 15.0. The summed E-state index contributed by atoms with van der Waals surface area (Å²) in [6.07, 6.45) is 1.37. The van der Waals surface area contributed by atoms with E-state index in [0.717, 1.165) is 82.9 Å². The molecule has 0 heteroatoms. The Bertz CT molecular complexity index is 1210. The molecule has 47 heavy (non-hydrogen) atoms. The number of hydrogen-bond donors (Lipinski definition) is 0. The van der Waals surface area contributed by atoms with Gasteiger partial charge in [-0.25, -0.2) is 0 Å². The maximum Gasteiger partial charge on any atom is -0.0111 e. The SMILES string of the molecule is CC(C)C(C)C(C)C1C(C)C(C)C2C3(C)C(C)(C)C(C)C4C(C)C(CC(C)(C)C)C(C)C(C)C4C3(C)C(C)(C)C3(C)C(C)(C)C23C1C. The molecule has 5 rings (SSSR count). The summed E-state index contributed by atoms with van der Waals surface area (Å²) in [5.41, 5.74) is 2.28. The van der Waals surface area contributed by atoms with Gasteiger partial charge in [-0.15, -0.1) is 0 Å². The van der Waals surface area contributed by atoms with Crippen LogP contribution in [0.2, 0.25) is 0 Å². The third kappa shape index (κ3) is 3.85. The molecular weight excluding hydrogens is 565 g/mol. The van der Waals surface area contributed by atoms with Crippen LogP contribution in [0.5, 0.6) is 0 Å². The summed E-state index contributed by atoms with van der Waals surface area (Å²) in [5.74, 6) is 11.3. The summed E-state index contributed by atoms with van der Waals surface area (Å²) in [4.78, 5) is 0. The standard InChI is InChI=1S/C47H86/c1-25(2)26(3)28(5)36-29(6)31(8)39-45(22)41(15,16)33(10)37-32(9)35(24-40(12,13)14)27(4)30(7)38(37)44(45,21)42(17,18)46(23)43(19,20)47(39,46)34(36)11/h25-39H,24H2,1-23H3. The minimum absolute atomic E-state index is 0.214. The van der Waals surface area contributed by atoms with Crippen LogP contribution in [0.25, 0.3) is 0 Å². The summed E-state index contributed by atoms with van der Waals surface area (Å²) in [7, 11) is 0. The van der Waals surface area contributed by atoms with E-state index in [1.54, 1.807) is 0 Å². The number of rotatable bonds is 4.